The van der Waals surface area contributed by atoms with Gasteiger partial charge in [-0.3, -0.25) is 4.90 Å². The summed E-state index contributed by atoms with van der Waals surface area (Å²) in [6.45, 7) is 4.27. The van der Waals surface area contributed by atoms with Gasteiger partial charge in [-0.2, -0.15) is 0 Å². The van der Waals surface area contributed by atoms with Crippen LogP contribution in [0.2, 0.25) is 0 Å². The van der Waals surface area contributed by atoms with Gasteiger partial charge < -0.3 is 14.7 Å². The molecule has 2 aliphatic rings. The highest BCUT2D eigenvalue weighted by molar-refractivity contribution is 5.84. The maximum Gasteiger partial charge on any atom is 0.411 e. The molecule has 0 radical (unpaired) electrons. The third-order valence-electron chi connectivity index (χ3n) is 5.67. The van der Waals surface area contributed by atoms with E-state index in [1.165, 1.54) is 4.90 Å². The van der Waals surface area contributed by atoms with Crippen molar-refractivity contribution in [2.24, 2.45) is 0 Å². The smallest absolute Gasteiger partial charge is 0.411 e. The first-order chi connectivity index (χ1) is 12.6. The number of fused-ring (bicyclic) bond motifs is 1. The number of carboxylic acid groups (broad SMARTS) is 1. The second-order valence-corrected chi connectivity index (χ2v) is 7.31. The van der Waals surface area contributed by atoms with Crippen LogP contribution in [-0.2, 0) is 16.1 Å². The lowest BCUT2D eigenvalue weighted by molar-refractivity contribution is -0.155. The van der Waals surface area contributed by atoms with Gasteiger partial charge in [0.25, 0.3) is 0 Å². The average Bonchev–Trinajstić information content (AvgIpc) is 3.12. The van der Waals surface area contributed by atoms with Crippen LogP contribution in [0.1, 0.15) is 44.6 Å². The van der Waals surface area contributed by atoms with Gasteiger partial charge in [0.15, 0.2) is 0 Å². The van der Waals surface area contributed by atoms with Crippen LogP contribution in [-0.4, -0.2) is 58.2 Å². The Morgan fingerprint density at radius 1 is 1.31 bits per heavy atom. The summed E-state index contributed by atoms with van der Waals surface area (Å²) in [5.74, 6) is -0.908. The molecule has 26 heavy (non-hydrogen) atoms. The van der Waals surface area contributed by atoms with E-state index >= 15 is 0 Å². The van der Waals surface area contributed by atoms with Crippen LogP contribution in [0.25, 0.3) is 0 Å². The molecule has 2 fully saturated rings. The molecule has 0 aliphatic carbocycles. The summed E-state index contributed by atoms with van der Waals surface area (Å²) < 4.78 is 5.49. The van der Waals surface area contributed by atoms with E-state index in [9.17, 15) is 14.7 Å². The van der Waals surface area contributed by atoms with Crippen molar-refractivity contribution >= 4 is 12.1 Å². The first kappa shape index (κ1) is 18.7. The molecule has 0 aromatic heterocycles. The maximum absolute atomic E-state index is 12.8. The zero-order chi connectivity index (χ0) is 18.6. The minimum atomic E-state index is -1.16. The number of carboxylic acids is 1. The molecule has 2 heterocycles. The Balaban J connectivity index is 1.76. The Morgan fingerprint density at radius 2 is 2.08 bits per heavy atom. The number of rotatable bonds is 6. The average molecular weight is 360 g/mol. The van der Waals surface area contributed by atoms with Gasteiger partial charge in [-0.05, 0) is 44.2 Å². The van der Waals surface area contributed by atoms with E-state index in [0.29, 0.717) is 25.8 Å². The van der Waals surface area contributed by atoms with E-state index in [2.05, 4.69) is 4.90 Å². The fourth-order valence-corrected chi connectivity index (χ4v) is 4.30. The van der Waals surface area contributed by atoms with E-state index in [4.69, 9.17) is 4.74 Å². The molecule has 1 aromatic carbocycles. The van der Waals surface area contributed by atoms with Crippen molar-refractivity contribution in [3.8, 4) is 0 Å². The first-order valence-corrected chi connectivity index (χ1v) is 9.52. The molecule has 0 saturated carbocycles. The lowest BCUT2D eigenvalue weighted by atomic mass is 9.81. The van der Waals surface area contributed by atoms with E-state index < -0.39 is 17.6 Å². The molecule has 0 bridgehead atoms. The number of hydrogen-bond donors (Lipinski definition) is 1. The van der Waals surface area contributed by atoms with Crippen molar-refractivity contribution in [1.82, 2.24) is 9.80 Å². The van der Waals surface area contributed by atoms with Gasteiger partial charge >= 0.3 is 12.1 Å². The molecule has 6 heteroatoms. The third kappa shape index (κ3) is 3.70. The maximum atomic E-state index is 12.8. The number of hydrogen-bond acceptors (Lipinski definition) is 4. The third-order valence-corrected chi connectivity index (χ3v) is 5.67. The lowest BCUT2D eigenvalue weighted by Gasteiger charge is -2.47. The van der Waals surface area contributed by atoms with Gasteiger partial charge in [0, 0.05) is 19.1 Å². The van der Waals surface area contributed by atoms with Crippen LogP contribution in [0.5, 0.6) is 0 Å². The van der Waals surface area contributed by atoms with E-state index in [1.54, 1.807) is 0 Å². The van der Waals surface area contributed by atoms with Gasteiger partial charge in [0.1, 0.15) is 12.1 Å². The summed E-state index contributed by atoms with van der Waals surface area (Å²) in [4.78, 5) is 29.0. The van der Waals surface area contributed by atoms with E-state index in [-0.39, 0.29) is 12.6 Å². The number of amides is 1. The molecule has 1 amide bonds. The molecule has 1 N–H and O–H groups in total. The molecule has 2 atom stereocenters. The standard InChI is InChI=1S/C20H28N2O4/c1-2-11-22(19(25)26-15-16-7-4-3-5-8-16)20(18(23)24)10-13-21-12-6-9-17(21)14-20/h3-5,7-8,17H,2,6,9-15H2,1H3,(H,23,24). The fourth-order valence-electron chi connectivity index (χ4n) is 4.30. The Kier molecular flexibility index (Phi) is 5.81. The highest BCUT2D eigenvalue weighted by atomic mass is 16.6. The highest BCUT2D eigenvalue weighted by Crippen LogP contribution is 2.38. The Morgan fingerprint density at radius 3 is 2.77 bits per heavy atom. The minimum Gasteiger partial charge on any atom is -0.479 e. The van der Waals surface area contributed by atoms with Crippen LogP contribution in [0.3, 0.4) is 0 Å². The van der Waals surface area contributed by atoms with Crippen LogP contribution in [0.15, 0.2) is 30.3 Å². The van der Waals surface area contributed by atoms with Gasteiger partial charge in [-0.1, -0.05) is 37.3 Å². The summed E-state index contributed by atoms with van der Waals surface area (Å²) in [6.07, 6.45) is 3.23. The van der Waals surface area contributed by atoms with Crippen molar-refractivity contribution in [3.05, 3.63) is 35.9 Å². The molecule has 6 nitrogen and oxygen atoms in total. The molecule has 2 unspecified atom stereocenters. The van der Waals surface area contributed by atoms with E-state index in [1.807, 2.05) is 37.3 Å². The topological polar surface area (TPSA) is 70.1 Å². The Bertz CT molecular complexity index is 636. The summed E-state index contributed by atoms with van der Waals surface area (Å²) in [5.41, 5.74) is -0.262. The SMILES string of the molecule is CCCN(C(=O)OCc1ccccc1)C1(C(=O)O)CCN2CCCC2C1. The quantitative estimate of drug-likeness (QED) is 0.844. The minimum absolute atomic E-state index is 0.158. The van der Waals surface area contributed by atoms with Crippen molar-refractivity contribution < 1.29 is 19.4 Å². The van der Waals surface area contributed by atoms with Gasteiger partial charge in [0.05, 0.1) is 0 Å². The molecule has 2 aliphatic heterocycles. The summed E-state index contributed by atoms with van der Waals surface area (Å²) in [5, 5.41) is 10.1. The predicted molar refractivity (Wildman–Crippen MR) is 97.8 cm³/mol. The van der Waals surface area contributed by atoms with Gasteiger partial charge in [-0.25, -0.2) is 9.59 Å². The Hall–Kier alpha value is -2.08. The largest absolute Gasteiger partial charge is 0.479 e. The first-order valence-electron chi connectivity index (χ1n) is 9.52. The number of ether oxygens (including phenoxy) is 1. The Labute approximate surface area is 154 Å². The number of benzene rings is 1. The second-order valence-electron chi connectivity index (χ2n) is 7.31. The summed E-state index contributed by atoms with van der Waals surface area (Å²) in [7, 11) is 0. The molecule has 3 rings (SSSR count). The highest BCUT2D eigenvalue weighted by Gasteiger charge is 2.52. The van der Waals surface area contributed by atoms with Crippen LogP contribution in [0.4, 0.5) is 4.79 Å². The van der Waals surface area contributed by atoms with Crippen molar-refractivity contribution in [2.45, 2.75) is 57.2 Å². The number of aliphatic carboxylic acids is 1. The molecule has 142 valence electrons. The monoisotopic (exact) mass is 360 g/mol. The molecular weight excluding hydrogens is 332 g/mol. The number of carbonyl (C=O) groups excluding carboxylic acids is 1. The van der Waals surface area contributed by atoms with Gasteiger partial charge in [-0.15, -0.1) is 0 Å². The predicted octanol–water partition coefficient (Wildman–Crippen LogP) is 3.12. The molecule has 2 saturated heterocycles. The van der Waals surface area contributed by atoms with Crippen LogP contribution in [0, 0.1) is 0 Å². The number of carbonyl (C=O) groups is 2. The summed E-state index contributed by atoms with van der Waals surface area (Å²) in [6, 6.07) is 9.72. The molecule has 0 spiro atoms. The molecular formula is C20H28N2O4. The number of piperidine rings is 1. The normalized spacial score (nSPS) is 25.5. The summed E-state index contributed by atoms with van der Waals surface area (Å²) >= 11 is 0. The number of nitrogens with zero attached hydrogens (tertiary/aromatic N) is 2. The second kappa shape index (κ2) is 8.08. The zero-order valence-corrected chi connectivity index (χ0v) is 15.4. The van der Waals surface area contributed by atoms with Crippen LogP contribution < -0.4 is 0 Å². The van der Waals surface area contributed by atoms with Crippen molar-refractivity contribution in [2.75, 3.05) is 19.6 Å². The van der Waals surface area contributed by atoms with Gasteiger partial charge in [0.2, 0.25) is 0 Å². The van der Waals surface area contributed by atoms with E-state index in [0.717, 1.165) is 31.5 Å². The van der Waals surface area contributed by atoms with Crippen LogP contribution >= 0.6 is 0 Å². The van der Waals surface area contributed by atoms with Crippen molar-refractivity contribution in [3.63, 3.8) is 0 Å². The van der Waals surface area contributed by atoms with Crippen molar-refractivity contribution in [1.29, 1.82) is 0 Å². The lowest BCUT2D eigenvalue weighted by Crippen LogP contribution is -2.63. The zero-order valence-electron chi connectivity index (χ0n) is 15.4. The fraction of sp³-hybridized carbons (Fsp3) is 0.600. The molecule has 1 aromatic rings.